The summed E-state index contributed by atoms with van der Waals surface area (Å²) in [5, 5.41) is 14.0. The molecule has 4 nitrogen and oxygen atoms in total. The quantitative estimate of drug-likeness (QED) is 0.378. The Morgan fingerprint density at radius 2 is 1.96 bits per heavy atom. The predicted octanol–water partition coefficient (Wildman–Crippen LogP) is 5.39. The Labute approximate surface area is 160 Å². The van der Waals surface area contributed by atoms with E-state index in [1.54, 1.807) is 13.8 Å². The minimum atomic E-state index is -4.34. The lowest BCUT2D eigenvalue weighted by molar-refractivity contribution is -0.137. The fourth-order valence-electron chi connectivity index (χ4n) is 2.88. The third-order valence-corrected chi connectivity index (χ3v) is 5.24. The number of ketones is 1. The van der Waals surface area contributed by atoms with Gasteiger partial charge in [-0.15, -0.1) is 11.8 Å². The first-order valence-corrected chi connectivity index (χ1v) is 9.63. The van der Waals surface area contributed by atoms with Gasteiger partial charge >= 0.3 is 6.18 Å². The zero-order valence-electron chi connectivity index (χ0n) is 15.2. The molecule has 1 aliphatic rings. The van der Waals surface area contributed by atoms with Gasteiger partial charge in [0.1, 0.15) is 12.4 Å². The molecular weight excluding hydrogens is 379 g/mol. The normalized spacial score (nSPS) is 18.8. The second-order valence-electron chi connectivity index (χ2n) is 6.27. The first-order chi connectivity index (χ1) is 12.7. The number of carbonyl (C=O) groups excluding carboxylic acids is 1. The summed E-state index contributed by atoms with van der Waals surface area (Å²) in [5.74, 6) is 0.516. The van der Waals surface area contributed by atoms with Crippen LogP contribution in [0.15, 0.2) is 45.6 Å². The second kappa shape index (κ2) is 9.30. The van der Waals surface area contributed by atoms with Gasteiger partial charge < -0.3 is 9.94 Å². The minimum Gasteiger partial charge on any atom is -0.511 e. The van der Waals surface area contributed by atoms with Crippen LogP contribution in [0.25, 0.3) is 0 Å². The van der Waals surface area contributed by atoms with E-state index in [0.29, 0.717) is 37.3 Å². The highest BCUT2D eigenvalue weighted by Gasteiger charge is 2.30. The number of hydrogen-bond acceptors (Lipinski definition) is 5. The van der Waals surface area contributed by atoms with Gasteiger partial charge in [-0.2, -0.15) is 13.2 Å². The van der Waals surface area contributed by atoms with Gasteiger partial charge in [0.15, 0.2) is 5.78 Å². The molecule has 1 unspecified atom stereocenters. The Morgan fingerprint density at radius 1 is 1.30 bits per heavy atom. The van der Waals surface area contributed by atoms with Crippen LogP contribution < -0.4 is 0 Å². The average Bonchev–Trinajstić information content (AvgIpc) is 2.59. The van der Waals surface area contributed by atoms with Gasteiger partial charge in [0.2, 0.25) is 0 Å². The highest BCUT2D eigenvalue weighted by molar-refractivity contribution is 7.99. The monoisotopic (exact) mass is 401 g/mol. The van der Waals surface area contributed by atoms with Crippen molar-refractivity contribution >= 4 is 23.3 Å². The molecule has 0 amide bonds. The Kier molecular flexibility index (Phi) is 7.35. The van der Waals surface area contributed by atoms with Gasteiger partial charge in [0.25, 0.3) is 0 Å². The molecule has 27 heavy (non-hydrogen) atoms. The number of carbonyl (C=O) groups is 1. The van der Waals surface area contributed by atoms with Crippen molar-refractivity contribution in [2.75, 3.05) is 12.4 Å². The number of allylic oxidation sites excluding steroid dienone is 2. The van der Waals surface area contributed by atoms with Crippen LogP contribution in [0.3, 0.4) is 0 Å². The topological polar surface area (TPSA) is 58.9 Å². The van der Waals surface area contributed by atoms with E-state index in [-0.39, 0.29) is 23.0 Å². The van der Waals surface area contributed by atoms with Crippen LogP contribution in [0.2, 0.25) is 0 Å². The third-order valence-electron chi connectivity index (χ3n) is 4.19. The molecule has 1 aromatic carbocycles. The molecule has 0 saturated carbocycles. The molecule has 0 bridgehead atoms. The molecule has 0 fully saturated rings. The molecule has 0 aromatic heterocycles. The van der Waals surface area contributed by atoms with E-state index >= 15 is 0 Å². The number of aliphatic hydroxyl groups excluding tert-OH is 1. The van der Waals surface area contributed by atoms with Gasteiger partial charge in [-0.25, -0.2) is 0 Å². The molecule has 0 saturated heterocycles. The van der Waals surface area contributed by atoms with Crippen LogP contribution in [0.5, 0.6) is 0 Å². The highest BCUT2D eigenvalue weighted by Crippen LogP contribution is 2.33. The summed E-state index contributed by atoms with van der Waals surface area (Å²) in [6, 6.07) is 5.02. The maximum Gasteiger partial charge on any atom is 0.416 e. The van der Waals surface area contributed by atoms with Crippen molar-refractivity contribution in [2.24, 2.45) is 11.1 Å². The van der Waals surface area contributed by atoms with Crippen LogP contribution in [0.4, 0.5) is 13.2 Å². The van der Waals surface area contributed by atoms with E-state index in [9.17, 15) is 23.1 Å². The number of thioether (sulfide) groups is 1. The third kappa shape index (κ3) is 6.02. The number of oxime groups is 1. The number of rotatable bonds is 7. The highest BCUT2D eigenvalue weighted by atomic mass is 32.2. The molecule has 1 aliphatic carbocycles. The molecule has 1 atom stereocenters. The Bertz CT molecular complexity index is 727. The summed E-state index contributed by atoms with van der Waals surface area (Å²) in [4.78, 5) is 18.0. The molecule has 1 N–H and O–H groups in total. The fourth-order valence-corrected chi connectivity index (χ4v) is 3.89. The van der Waals surface area contributed by atoms with Crippen LogP contribution >= 0.6 is 11.8 Å². The number of halogens is 3. The van der Waals surface area contributed by atoms with Crippen molar-refractivity contribution in [3.8, 4) is 0 Å². The molecule has 148 valence electrons. The number of nitrogens with zero attached hydrogens (tertiary/aromatic N) is 1. The number of benzene rings is 1. The SMILES string of the molecule is CCO/N=C(/C)C1=C(O)CC(CCSc2ccc(C(F)(F)F)cc2)CC1=O. The lowest BCUT2D eigenvalue weighted by Crippen LogP contribution is -2.24. The summed E-state index contributed by atoms with van der Waals surface area (Å²) >= 11 is 1.43. The molecule has 0 spiro atoms. The van der Waals surface area contributed by atoms with Crippen molar-refractivity contribution in [1.82, 2.24) is 0 Å². The summed E-state index contributed by atoms with van der Waals surface area (Å²) < 4.78 is 37.7. The summed E-state index contributed by atoms with van der Waals surface area (Å²) in [6.07, 6.45) is -2.97. The standard InChI is InChI=1S/C19H22F3NO3S/c1-3-26-23-12(2)18-16(24)10-13(11-17(18)25)8-9-27-15-6-4-14(5-7-15)19(20,21)22/h4-7,13,24H,3,8-11H2,1-2H3/b23-12-. The van der Waals surface area contributed by atoms with E-state index in [2.05, 4.69) is 5.16 Å². The minimum absolute atomic E-state index is 0.00286. The van der Waals surface area contributed by atoms with Gasteiger partial charge in [-0.05, 0) is 56.2 Å². The fraction of sp³-hybridized carbons (Fsp3) is 0.474. The van der Waals surface area contributed by atoms with Crippen molar-refractivity contribution in [1.29, 1.82) is 0 Å². The summed E-state index contributed by atoms with van der Waals surface area (Å²) in [6.45, 7) is 3.78. The molecule has 1 aromatic rings. The Morgan fingerprint density at radius 3 is 2.52 bits per heavy atom. The molecule has 0 radical (unpaired) electrons. The first kappa shape index (κ1) is 21.3. The number of hydrogen-bond donors (Lipinski definition) is 1. The van der Waals surface area contributed by atoms with Crippen molar-refractivity contribution in [3.63, 3.8) is 0 Å². The lowest BCUT2D eigenvalue weighted by atomic mass is 9.84. The van der Waals surface area contributed by atoms with Crippen LogP contribution in [0, 0.1) is 5.92 Å². The van der Waals surface area contributed by atoms with Crippen molar-refractivity contribution in [2.45, 2.75) is 44.2 Å². The van der Waals surface area contributed by atoms with E-state index in [1.807, 2.05) is 0 Å². The number of aliphatic hydroxyl groups is 1. The lowest BCUT2D eigenvalue weighted by Gasteiger charge is -2.23. The number of Topliss-reactive ketones (excluding diaryl/α,β-unsaturated/α-hetero) is 1. The zero-order chi connectivity index (χ0) is 20.0. The Hall–Kier alpha value is -1.96. The van der Waals surface area contributed by atoms with Gasteiger partial charge in [0, 0.05) is 17.7 Å². The van der Waals surface area contributed by atoms with E-state index in [4.69, 9.17) is 4.84 Å². The second-order valence-corrected chi connectivity index (χ2v) is 7.44. The smallest absolute Gasteiger partial charge is 0.416 e. The first-order valence-electron chi connectivity index (χ1n) is 8.64. The van der Waals surface area contributed by atoms with E-state index in [0.717, 1.165) is 17.0 Å². The van der Waals surface area contributed by atoms with Gasteiger partial charge in [-0.1, -0.05) is 5.16 Å². The van der Waals surface area contributed by atoms with Gasteiger partial charge in [0.05, 0.1) is 16.8 Å². The van der Waals surface area contributed by atoms with E-state index < -0.39 is 11.7 Å². The predicted molar refractivity (Wildman–Crippen MR) is 98.9 cm³/mol. The summed E-state index contributed by atoms with van der Waals surface area (Å²) in [7, 11) is 0. The molecule has 8 heteroatoms. The molecular formula is C19H22F3NO3S. The van der Waals surface area contributed by atoms with Crippen LogP contribution in [0.1, 0.15) is 38.7 Å². The van der Waals surface area contributed by atoms with Crippen molar-refractivity contribution in [3.05, 3.63) is 41.2 Å². The number of alkyl halides is 3. The largest absolute Gasteiger partial charge is 0.511 e. The average molecular weight is 401 g/mol. The molecule has 2 rings (SSSR count). The maximum absolute atomic E-state index is 12.6. The molecule has 0 heterocycles. The van der Waals surface area contributed by atoms with Gasteiger partial charge in [-0.3, -0.25) is 4.79 Å². The summed E-state index contributed by atoms with van der Waals surface area (Å²) in [5.41, 5.74) is -0.0663. The molecule has 0 aliphatic heterocycles. The maximum atomic E-state index is 12.6. The van der Waals surface area contributed by atoms with Crippen molar-refractivity contribution < 1.29 is 27.9 Å². The zero-order valence-corrected chi connectivity index (χ0v) is 16.0. The van der Waals surface area contributed by atoms with Crippen LogP contribution in [-0.4, -0.2) is 29.0 Å². The Balaban J connectivity index is 1.89. The van der Waals surface area contributed by atoms with Crippen LogP contribution in [-0.2, 0) is 15.8 Å². The van der Waals surface area contributed by atoms with E-state index in [1.165, 1.54) is 23.9 Å².